The molecule has 0 atom stereocenters. The quantitative estimate of drug-likeness (QED) is 0.935. The molecule has 0 fully saturated rings. The van der Waals surface area contributed by atoms with Crippen LogP contribution in [0.3, 0.4) is 0 Å². The number of rotatable bonds is 4. The Morgan fingerprint density at radius 1 is 1.16 bits per heavy atom. The topological polar surface area (TPSA) is 42.0 Å². The number of amides is 1. The Kier molecular flexibility index (Phi) is 5.96. The van der Waals surface area contributed by atoms with Gasteiger partial charge in [0, 0.05) is 24.5 Å². The Labute approximate surface area is 117 Å². The fraction of sp³-hybridized carbons (Fsp3) is 0.143. The molecule has 0 bridgehead atoms. The van der Waals surface area contributed by atoms with Crippen molar-refractivity contribution >= 4 is 18.3 Å². The lowest BCUT2D eigenvalue weighted by molar-refractivity contribution is 0.0954. The highest BCUT2D eigenvalue weighted by molar-refractivity contribution is 5.93. The molecular formula is C14H14ClFN2O. The van der Waals surface area contributed by atoms with Gasteiger partial charge in [0.25, 0.3) is 5.91 Å². The number of nitrogens with one attached hydrogen (secondary N) is 1. The van der Waals surface area contributed by atoms with Crippen molar-refractivity contribution in [3.8, 4) is 0 Å². The minimum Gasteiger partial charge on any atom is -0.352 e. The minimum absolute atomic E-state index is 0. The van der Waals surface area contributed by atoms with E-state index in [1.165, 1.54) is 6.07 Å². The first-order chi connectivity index (χ1) is 8.77. The molecule has 100 valence electrons. The van der Waals surface area contributed by atoms with Crippen LogP contribution >= 0.6 is 12.4 Å². The Hall–Kier alpha value is -1.94. The molecule has 1 aromatic carbocycles. The second kappa shape index (κ2) is 7.48. The smallest absolute Gasteiger partial charge is 0.251 e. The van der Waals surface area contributed by atoms with E-state index < -0.39 is 0 Å². The van der Waals surface area contributed by atoms with E-state index >= 15 is 0 Å². The van der Waals surface area contributed by atoms with Crippen LogP contribution in [0.25, 0.3) is 0 Å². The number of hydrogen-bond donors (Lipinski definition) is 1. The second-order valence-corrected chi connectivity index (χ2v) is 3.83. The van der Waals surface area contributed by atoms with E-state index in [1.54, 1.807) is 42.7 Å². The van der Waals surface area contributed by atoms with Crippen LogP contribution in [0.1, 0.15) is 15.9 Å². The first kappa shape index (κ1) is 15.1. The van der Waals surface area contributed by atoms with Gasteiger partial charge in [-0.3, -0.25) is 9.78 Å². The molecule has 1 N–H and O–H groups in total. The third-order valence-corrected chi connectivity index (χ3v) is 2.58. The third kappa shape index (κ3) is 4.34. The fourth-order valence-electron chi connectivity index (χ4n) is 1.62. The zero-order valence-corrected chi connectivity index (χ0v) is 11.0. The average Bonchev–Trinajstić information content (AvgIpc) is 2.42. The second-order valence-electron chi connectivity index (χ2n) is 3.83. The maximum absolute atomic E-state index is 13.3. The summed E-state index contributed by atoms with van der Waals surface area (Å²) in [5.74, 6) is -0.413. The molecular weight excluding hydrogens is 267 g/mol. The van der Waals surface area contributed by atoms with Crippen LogP contribution in [0.5, 0.6) is 0 Å². The Balaban J connectivity index is 0.00000180. The van der Waals surface area contributed by atoms with Gasteiger partial charge >= 0.3 is 0 Å². The predicted octanol–water partition coefficient (Wildman–Crippen LogP) is 2.62. The summed E-state index contributed by atoms with van der Waals surface area (Å²) < 4.78 is 13.3. The first-order valence-corrected chi connectivity index (χ1v) is 5.69. The summed E-state index contributed by atoms with van der Waals surface area (Å²) in [5, 5.41) is 2.74. The summed E-state index contributed by atoms with van der Waals surface area (Å²) in [6.07, 6.45) is 3.60. The molecule has 1 amide bonds. The van der Waals surface area contributed by atoms with Crippen LogP contribution in [0, 0.1) is 5.82 Å². The maximum Gasteiger partial charge on any atom is 0.251 e. The molecule has 0 unspecified atom stereocenters. The van der Waals surface area contributed by atoms with Gasteiger partial charge in [-0.2, -0.15) is 0 Å². The van der Waals surface area contributed by atoms with E-state index in [0.29, 0.717) is 24.1 Å². The summed E-state index contributed by atoms with van der Waals surface area (Å²) in [4.78, 5) is 15.5. The van der Waals surface area contributed by atoms with Crippen molar-refractivity contribution in [1.29, 1.82) is 0 Å². The molecule has 1 aromatic heterocycles. The molecule has 0 saturated carbocycles. The van der Waals surface area contributed by atoms with E-state index in [-0.39, 0.29) is 24.1 Å². The summed E-state index contributed by atoms with van der Waals surface area (Å²) >= 11 is 0. The van der Waals surface area contributed by atoms with Crippen LogP contribution in [0.4, 0.5) is 4.39 Å². The lowest BCUT2D eigenvalue weighted by Gasteiger charge is -2.05. The SMILES string of the molecule is Cl.O=C(NCCc1ccccc1F)c1ccncc1. The van der Waals surface area contributed by atoms with Gasteiger partial charge in [0.15, 0.2) is 0 Å². The standard InChI is InChI=1S/C14H13FN2O.ClH/c15-13-4-2-1-3-11(13)7-10-17-14(18)12-5-8-16-9-6-12;/h1-6,8-9H,7,10H2,(H,17,18);1H. The Morgan fingerprint density at radius 3 is 2.53 bits per heavy atom. The molecule has 0 saturated heterocycles. The monoisotopic (exact) mass is 280 g/mol. The maximum atomic E-state index is 13.3. The molecule has 1 heterocycles. The Bertz CT molecular complexity index is 534. The van der Waals surface area contributed by atoms with Gasteiger partial charge in [0.1, 0.15) is 5.82 Å². The van der Waals surface area contributed by atoms with Crippen molar-refractivity contribution in [3.63, 3.8) is 0 Å². The zero-order valence-electron chi connectivity index (χ0n) is 10.2. The predicted molar refractivity (Wildman–Crippen MR) is 73.9 cm³/mol. The van der Waals surface area contributed by atoms with Gasteiger partial charge in [-0.05, 0) is 30.2 Å². The number of carbonyl (C=O) groups is 1. The molecule has 2 aromatic rings. The fourth-order valence-corrected chi connectivity index (χ4v) is 1.62. The molecule has 3 nitrogen and oxygen atoms in total. The lowest BCUT2D eigenvalue weighted by Crippen LogP contribution is -2.25. The van der Waals surface area contributed by atoms with Gasteiger partial charge in [-0.15, -0.1) is 12.4 Å². The van der Waals surface area contributed by atoms with Crippen LogP contribution in [0.2, 0.25) is 0 Å². The molecule has 2 rings (SSSR count). The van der Waals surface area contributed by atoms with E-state index in [4.69, 9.17) is 0 Å². The van der Waals surface area contributed by atoms with Crippen molar-refractivity contribution in [3.05, 3.63) is 65.7 Å². The van der Waals surface area contributed by atoms with Crippen molar-refractivity contribution in [2.24, 2.45) is 0 Å². The number of benzene rings is 1. The van der Waals surface area contributed by atoms with Crippen LogP contribution in [-0.4, -0.2) is 17.4 Å². The van der Waals surface area contributed by atoms with E-state index in [1.807, 2.05) is 0 Å². The zero-order chi connectivity index (χ0) is 12.8. The van der Waals surface area contributed by atoms with Crippen molar-refractivity contribution < 1.29 is 9.18 Å². The summed E-state index contributed by atoms with van der Waals surface area (Å²) in [7, 11) is 0. The largest absolute Gasteiger partial charge is 0.352 e. The molecule has 0 aliphatic rings. The van der Waals surface area contributed by atoms with Gasteiger partial charge < -0.3 is 5.32 Å². The van der Waals surface area contributed by atoms with E-state index in [0.717, 1.165) is 0 Å². The van der Waals surface area contributed by atoms with E-state index in [9.17, 15) is 9.18 Å². The van der Waals surface area contributed by atoms with Gasteiger partial charge in [-0.25, -0.2) is 4.39 Å². The van der Waals surface area contributed by atoms with Gasteiger partial charge in [-0.1, -0.05) is 18.2 Å². The molecule has 19 heavy (non-hydrogen) atoms. The number of nitrogens with zero attached hydrogens (tertiary/aromatic N) is 1. The number of aromatic nitrogens is 1. The first-order valence-electron chi connectivity index (χ1n) is 5.69. The average molecular weight is 281 g/mol. The number of hydrogen-bond acceptors (Lipinski definition) is 2. The third-order valence-electron chi connectivity index (χ3n) is 2.58. The lowest BCUT2D eigenvalue weighted by atomic mass is 10.1. The Morgan fingerprint density at radius 2 is 1.84 bits per heavy atom. The number of pyridine rings is 1. The highest BCUT2D eigenvalue weighted by atomic mass is 35.5. The molecule has 5 heteroatoms. The highest BCUT2D eigenvalue weighted by Crippen LogP contribution is 2.06. The van der Waals surface area contributed by atoms with Gasteiger partial charge in [0.05, 0.1) is 0 Å². The molecule has 0 aliphatic carbocycles. The van der Waals surface area contributed by atoms with Gasteiger partial charge in [0.2, 0.25) is 0 Å². The summed E-state index contributed by atoms with van der Waals surface area (Å²) in [6, 6.07) is 9.84. The molecule has 0 aliphatic heterocycles. The minimum atomic E-state index is -0.240. The van der Waals surface area contributed by atoms with Crippen LogP contribution in [0.15, 0.2) is 48.8 Å². The van der Waals surface area contributed by atoms with Crippen LogP contribution in [-0.2, 0) is 6.42 Å². The highest BCUT2D eigenvalue weighted by Gasteiger charge is 2.05. The van der Waals surface area contributed by atoms with Crippen molar-refractivity contribution in [2.45, 2.75) is 6.42 Å². The number of carbonyl (C=O) groups excluding carboxylic acids is 1. The van der Waals surface area contributed by atoms with Crippen molar-refractivity contribution in [2.75, 3.05) is 6.54 Å². The normalized spacial score (nSPS) is 9.53. The number of halogens is 2. The molecule has 0 spiro atoms. The summed E-state index contributed by atoms with van der Waals surface area (Å²) in [6.45, 7) is 0.405. The van der Waals surface area contributed by atoms with Crippen LogP contribution < -0.4 is 5.32 Å². The van der Waals surface area contributed by atoms with E-state index in [2.05, 4.69) is 10.3 Å². The van der Waals surface area contributed by atoms with Crippen molar-refractivity contribution in [1.82, 2.24) is 10.3 Å². The molecule has 0 radical (unpaired) electrons. The summed E-state index contributed by atoms with van der Waals surface area (Å²) in [5.41, 5.74) is 1.16.